The zero-order valence-corrected chi connectivity index (χ0v) is 11.4. The van der Waals surface area contributed by atoms with Crippen LogP contribution in [0.2, 0.25) is 0 Å². The minimum absolute atomic E-state index is 0.0380. The van der Waals surface area contributed by atoms with Crippen LogP contribution in [0.1, 0.15) is 21.5 Å². The van der Waals surface area contributed by atoms with Crippen molar-refractivity contribution in [3.63, 3.8) is 0 Å². The Labute approximate surface area is 118 Å². The molecule has 3 N–H and O–H groups in total. The van der Waals surface area contributed by atoms with Crippen molar-refractivity contribution in [1.82, 2.24) is 5.32 Å². The van der Waals surface area contributed by atoms with Gasteiger partial charge in [-0.05, 0) is 23.3 Å². The molecule has 1 aliphatic rings. The lowest BCUT2D eigenvalue weighted by Gasteiger charge is -2.22. The van der Waals surface area contributed by atoms with Crippen LogP contribution in [0.25, 0.3) is 0 Å². The van der Waals surface area contributed by atoms with Gasteiger partial charge in [0.25, 0.3) is 5.91 Å². The molecule has 4 nitrogen and oxygen atoms in total. The van der Waals surface area contributed by atoms with Gasteiger partial charge in [0.2, 0.25) is 0 Å². The molecule has 4 heteroatoms. The molecule has 0 bridgehead atoms. The van der Waals surface area contributed by atoms with E-state index in [9.17, 15) is 4.79 Å². The fraction of sp³-hybridized carbons (Fsp3) is 0.188. The van der Waals surface area contributed by atoms with E-state index in [1.54, 1.807) is 6.07 Å². The van der Waals surface area contributed by atoms with E-state index in [-0.39, 0.29) is 5.91 Å². The molecule has 0 unspecified atom stereocenters. The van der Waals surface area contributed by atoms with Crippen LogP contribution in [0.3, 0.4) is 0 Å². The summed E-state index contributed by atoms with van der Waals surface area (Å²) in [4.78, 5) is 13.7. The summed E-state index contributed by atoms with van der Waals surface area (Å²) in [5.41, 5.74) is 10.6. The number of carbonyl (C=O) groups excluding carboxylic acids is 1. The molecule has 0 saturated carbocycles. The lowest BCUT2D eigenvalue weighted by molar-refractivity contribution is 0.0966. The topological polar surface area (TPSA) is 58.4 Å². The van der Waals surface area contributed by atoms with E-state index in [0.717, 1.165) is 17.8 Å². The number of nitrogens with one attached hydrogen (secondary N) is 1. The van der Waals surface area contributed by atoms with Crippen molar-refractivity contribution in [3.8, 4) is 0 Å². The van der Waals surface area contributed by atoms with Gasteiger partial charge in [-0.25, -0.2) is 0 Å². The molecule has 1 aliphatic heterocycles. The number of hydrogen-bond acceptors (Lipinski definition) is 3. The van der Waals surface area contributed by atoms with Gasteiger partial charge in [0, 0.05) is 25.7 Å². The molecule has 2 aromatic carbocycles. The molecular formula is C16H17N3O. The highest BCUT2D eigenvalue weighted by Gasteiger charge is 2.21. The van der Waals surface area contributed by atoms with Gasteiger partial charge in [0.1, 0.15) is 0 Å². The van der Waals surface area contributed by atoms with E-state index in [0.29, 0.717) is 17.8 Å². The second-order valence-electron chi connectivity index (χ2n) is 5.09. The molecule has 3 rings (SSSR count). The van der Waals surface area contributed by atoms with Gasteiger partial charge in [0.15, 0.2) is 0 Å². The smallest absolute Gasteiger partial charge is 0.251 e. The lowest BCUT2D eigenvalue weighted by atomic mass is 10.1. The van der Waals surface area contributed by atoms with Crippen LogP contribution in [0.5, 0.6) is 0 Å². The van der Waals surface area contributed by atoms with Crippen LogP contribution in [0, 0.1) is 0 Å². The maximum Gasteiger partial charge on any atom is 0.251 e. The zero-order chi connectivity index (χ0) is 14.1. The molecule has 20 heavy (non-hydrogen) atoms. The van der Waals surface area contributed by atoms with Crippen molar-refractivity contribution < 1.29 is 4.79 Å². The Balaban J connectivity index is 1.89. The van der Waals surface area contributed by atoms with Crippen molar-refractivity contribution in [2.24, 2.45) is 0 Å². The first kappa shape index (κ1) is 12.5. The van der Waals surface area contributed by atoms with E-state index < -0.39 is 0 Å². The Bertz CT molecular complexity index is 652. The van der Waals surface area contributed by atoms with Crippen LogP contribution >= 0.6 is 0 Å². The highest BCUT2D eigenvalue weighted by molar-refractivity contribution is 6.00. The van der Waals surface area contributed by atoms with E-state index in [1.165, 1.54) is 5.56 Å². The fourth-order valence-corrected chi connectivity index (χ4v) is 2.55. The summed E-state index contributed by atoms with van der Waals surface area (Å²) < 4.78 is 0. The van der Waals surface area contributed by atoms with Crippen molar-refractivity contribution in [2.45, 2.75) is 13.1 Å². The Morgan fingerprint density at radius 2 is 2.00 bits per heavy atom. The highest BCUT2D eigenvalue weighted by atomic mass is 16.1. The maximum atomic E-state index is 11.6. The molecular weight excluding hydrogens is 250 g/mol. The molecule has 0 saturated heterocycles. The SMILES string of the molecule is CN(Cc1ccccc1)c1cc2c(cc1N)C(=O)NC2. The Morgan fingerprint density at radius 3 is 2.75 bits per heavy atom. The summed E-state index contributed by atoms with van der Waals surface area (Å²) in [6, 6.07) is 14.0. The van der Waals surface area contributed by atoms with Crippen molar-refractivity contribution in [3.05, 3.63) is 59.2 Å². The minimum atomic E-state index is -0.0380. The predicted molar refractivity (Wildman–Crippen MR) is 80.6 cm³/mol. The van der Waals surface area contributed by atoms with Crippen LogP contribution in [0.15, 0.2) is 42.5 Å². The van der Waals surface area contributed by atoms with Crippen molar-refractivity contribution in [1.29, 1.82) is 0 Å². The van der Waals surface area contributed by atoms with Crippen LogP contribution in [-0.2, 0) is 13.1 Å². The van der Waals surface area contributed by atoms with Gasteiger partial charge >= 0.3 is 0 Å². The zero-order valence-electron chi connectivity index (χ0n) is 11.4. The standard InChI is InChI=1S/C16H17N3O/c1-19(10-11-5-3-2-4-6-11)15-7-12-9-18-16(20)13(12)8-14(15)17/h2-8H,9-10,17H2,1H3,(H,18,20). The quantitative estimate of drug-likeness (QED) is 0.838. The lowest BCUT2D eigenvalue weighted by Crippen LogP contribution is -2.18. The molecule has 1 heterocycles. The number of nitrogens with two attached hydrogens (primary N) is 1. The number of nitrogens with zero attached hydrogens (tertiary/aromatic N) is 1. The second kappa shape index (κ2) is 4.89. The molecule has 0 fully saturated rings. The fourth-order valence-electron chi connectivity index (χ4n) is 2.55. The number of amides is 1. The number of benzene rings is 2. The maximum absolute atomic E-state index is 11.6. The van der Waals surface area contributed by atoms with E-state index in [1.807, 2.05) is 31.3 Å². The van der Waals surface area contributed by atoms with Gasteiger partial charge < -0.3 is 16.0 Å². The number of rotatable bonds is 3. The number of fused-ring (bicyclic) bond motifs is 1. The number of carbonyl (C=O) groups is 1. The normalized spacial score (nSPS) is 12.9. The monoisotopic (exact) mass is 267 g/mol. The van der Waals surface area contributed by atoms with Crippen LogP contribution in [-0.4, -0.2) is 13.0 Å². The van der Waals surface area contributed by atoms with E-state index >= 15 is 0 Å². The Morgan fingerprint density at radius 1 is 1.25 bits per heavy atom. The number of nitrogen functional groups attached to an aromatic ring is 1. The first-order valence-electron chi connectivity index (χ1n) is 6.61. The summed E-state index contributed by atoms with van der Waals surface area (Å²) in [7, 11) is 2.01. The summed E-state index contributed by atoms with van der Waals surface area (Å²) >= 11 is 0. The molecule has 1 amide bonds. The highest BCUT2D eigenvalue weighted by Crippen LogP contribution is 2.29. The van der Waals surface area contributed by atoms with Gasteiger partial charge in [-0.15, -0.1) is 0 Å². The molecule has 0 aromatic heterocycles. The third-order valence-electron chi connectivity index (χ3n) is 3.61. The van der Waals surface area contributed by atoms with E-state index in [2.05, 4.69) is 22.3 Å². The van der Waals surface area contributed by atoms with Crippen molar-refractivity contribution in [2.75, 3.05) is 17.7 Å². The molecule has 0 aliphatic carbocycles. The molecule has 0 spiro atoms. The van der Waals surface area contributed by atoms with Gasteiger partial charge in [-0.2, -0.15) is 0 Å². The average Bonchev–Trinajstić information content (AvgIpc) is 2.80. The second-order valence-corrected chi connectivity index (χ2v) is 5.09. The predicted octanol–water partition coefficient (Wildman–Crippen LogP) is 2.15. The molecule has 0 radical (unpaired) electrons. The Hall–Kier alpha value is -2.49. The minimum Gasteiger partial charge on any atom is -0.397 e. The largest absolute Gasteiger partial charge is 0.397 e. The summed E-state index contributed by atoms with van der Waals surface area (Å²) in [6.07, 6.45) is 0. The van der Waals surface area contributed by atoms with Crippen LogP contribution < -0.4 is 16.0 Å². The summed E-state index contributed by atoms with van der Waals surface area (Å²) in [5.74, 6) is -0.0380. The molecule has 2 aromatic rings. The number of anilines is 2. The summed E-state index contributed by atoms with van der Waals surface area (Å²) in [6.45, 7) is 1.37. The van der Waals surface area contributed by atoms with Gasteiger partial charge in [-0.3, -0.25) is 4.79 Å². The molecule has 0 atom stereocenters. The first-order chi connectivity index (χ1) is 9.65. The summed E-state index contributed by atoms with van der Waals surface area (Å²) in [5, 5.41) is 2.82. The number of hydrogen-bond donors (Lipinski definition) is 2. The van der Waals surface area contributed by atoms with Gasteiger partial charge in [-0.1, -0.05) is 30.3 Å². The van der Waals surface area contributed by atoms with E-state index in [4.69, 9.17) is 5.73 Å². The third kappa shape index (κ3) is 2.20. The average molecular weight is 267 g/mol. The Kier molecular flexibility index (Phi) is 3.06. The first-order valence-corrected chi connectivity index (χ1v) is 6.61. The van der Waals surface area contributed by atoms with Crippen LogP contribution in [0.4, 0.5) is 11.4 Å². The third-order valence-corrected chi connectivity index (χ3v) is 3.61. The molecule has 102 valence electrons. The van der Waals surface area contributed by atoms with Crippen molar-refractivity contribution >= 4 is 17.3 Å². The van der Waals surface area contributed by atoms with Gasteiger partial charge in [0.05, 0.1) is 11.4 Å².